The van der Waals surface area contributed by atoms with Crippen molar-refractivity contribution in [2.45, 2.75) is 0 Å². The maximum absolute atomic E-state index is 5.11. The van der Waals surface area contributed by atoms with Gasteiger partial charge in [0, 0.05) is 58.4 Å². The van der Waals surface area contributed by atoms with E-state index in [1.807, 2.05) is 47.7 Å². The van der Waals surface area contributed by atoms with Crippen LogP contribution in [0.3, 0.4) is 0 Å². The van der Waals surface area contributed by atoms with Crippen molar-refractivity contribution in [2.24, 2.45) is 0 Å². The van der Waals surface area contributed by atoms with Gasteiger partial charge in [0.15, 0.2) is 17.5 Å². The number of benzene rings is 8. The smallest absolute Gasteiger partial charge is 0.164 e. The van der Waals surface area contributed by atoms with Gasteiger partial charge >= 0.3 is 0 Å². The van der Waals surface area contributed by atoms with Gasteiger partial charge in [-0.05, 0) is 58.3 Å². The van der Waals surface area contributed by atoms with Crippen molar-refractivity contribution >= 4 is 74.9 Å². The Bertz CT molecular complexity index is 3230. The van der Waals surface area contributed by atoms with Crippen molar-refractivity contribution in [3.8, 4) is 51.0 Å². The number of fused-ring (bicyclic) bond motifs is 2. The highest BCUT2D eigenvalue weighted by Gasteiger charge is 2.26. The quantitative estimate of drug-likeness (QED) is 0.186. The molecule has 0 saturated carbocycles. The summed E-state index contributed by atoms with van der Waals surface area (Å²) in [6.07, 6.45) is 0. The normalized spacial score (nSPS) is 12.2. The first kappa shape index (κ1) is 28.1. The van der Waals surface area contributed by atoms with E-state index in [0.29, 0.717) is 17.5 Å². The van der Waals surface area contributed by atoms with Gasteiger partial charge in [0.25, 0.3) is 0 Å². The standard InChI is InChI=1S/C47H26N4S/c1-3-11-28(12-4-1)45-48-46(29-13-5-2-6-14-29)50-47(49-45)34-23-25-35(31-16-8-7-15-30(31)34)51-36-19-9-17-32-33-18-10-20-38-42(33)44-39(52-38)26-22-27-21-24-37(51)43(40(27)44)41(32)36/h1-26H. The first-order valence-corrected chi connectivity index (χ1v) is 18.4. The molecule has 8 aromatic carbocycles. The van der Waals surface area contributed by atoms with E-state index in [1.165, 1.54) is 63.9 Å². The third kappa shape index (κ3) is 3.78. The predicted molar refractivity (Wildman–Crippen MR) is 217 cm³/mol. The Balaban J connectivity index is 1.16. The molecule has 0 atom stereocenters. The van der Waals surface area contributed by atoms with Gasteiger partial charge < -0.3 is 4.57 Å². The highest BCUT2D eigenvalue weighted by Crippen LogP contribution is 2.52. The lowest BCUT2D eigenvalue weighted by Crippen LogP contribution is -2.01. The summed E-state index contributed by atoms with van der Waals surface area (Å²) in [5, 5.41) is 10.3. The van der Waals surface area contributed by atoms with Crippen molar-refractivity contribution in [3.63, 3.8) is 0 Å². The van der Waals surface area contributed by atoms with E-state index in [0.717, 1.165) is 33.2 Å². The Morgan fingerprint density at radius 3 is 1.75 bits per heavy atom. The molecule has 3 aromatic heterocycles. The van der Waals surface area contributed by atoms with Crippen LogP contribution in [0.4, 0.5) is 0 Å². The van der Waals surface area contributed by atoms with Crippen LogP contribution in [0.1, 0.15) is 0 Å². The highest BCUT2D eigenvalue weighted by atomic mass is 32.1. The maximum Gasteiger partial charge on any atom is 0.164 e. The van der Waals surface area contributed by atoms with Crippen LogP contribution < -0.4 is 0 Å². The highest BCUT2D eigenvalue weighted by molar-refractivity contribution is 7.26. The van der Waals surface area contributed by atoms with Crippen LogP contribution >= 0.6 is 11.3 Å². The van der Waals surface area contributed by atoms with Gasteiger partial charge in [0.05, 0.1) is 16.7 Å². The fourth-order valence-corrected chi connectivity index (χ4v) is 9.72. The number of nitrogens with zero attached hydrogens (tertiary/aromatic N) is 4. The molecule has 0 fully saturated rings. The van der Waals surface area contributed by atoms with Crippen molar-refractivity contribution in [3.05, 3.63) is 158 Å². The molecule has 0 spiro atoms. The summed E-state index contributed by atoms with van der Waals surface area (Å²) in [5.74, 6) is 1.96. The fraction of sp³-hybridized carbons (Fsp3) is 0. The Morgan fingerprint density at radius 1 is 0.365 bits per heavy atom. The van der Waals surface area contributed by atoms with Crippen LogP contribution in [-0.2, 0) is 0 Å². The SMILES string of the molecule is c1ccc(-c2nc(-c3ccccc3)nc(-c3ccc(-n4c5cccc6c5c5c7c(ccc8sc9cccc-6c9c87)ccc54)c4ccccc34)n2)cc1. The molecule has 0 amide bonds. The largest absolute Gasteiger partial charge is 0.309 e. The predicted octanol–water partition coefficient (Wildman–Crippen LogP) is 12.6. The second-order valence-corrected chi connectivity index (χ2v) is 14.6. The zero-order valence-corrected chi connectivity index (χ0v) is 28.5. The van der Waals surface area contributed by atoms with Gasteiger partial charge in [0.1, 0.15) is 0 Å². The Hall–Kier alpha value is -6.69. The molecule has 0 N–H and O–H groups in total. The van der Waals surface area contributed by atoms with Crippen LogP contribution in [0, 0.1) is 0 Å². The lowest BCUT2D eigenvalue weighted by Gasteiger charge is -2.16. The third-order valence-corrected chi connectivity index (χ3v) is 11.9. The average molecular weight is 679 g/mol. The summed E-state index contributed by atoms with van der Waals surface area (Å²) in [6.45, 7) is 0. The minimum atomic E-state index is 0.654. The molecule has 0 saturated heterocycles. The maximum atomic E-state index is 5.11. The van der Waals surface area contributed by atoms with E-state index in [2.05, 4.69) is 126 Å². The fourth-order valence-electron chi connectivity index (χ4n) is 8.58. The molecule has 0 radical (unpaired) electrons. The van der Waals surface area contributed by atoms with Gasteiger partial charge in [-0.1, -0.05) is 121 Å². The van der Waals surface area contributed by atoms with Crippen molar-refractivity contribution in [1.82, 2.24) is 19.5 Å². The Morgan fingerprint density at radius 2 is 0.981 bits per heavy atom. The van der Waals surface area contributed by atoms with E-state index in [1.54, 1.807) is 0 Å². The third-order valence-electron chi connectivity index (χ3n) is 10.8. The molecule has 0 unspecified atom stereocenters. The molecule has 1 aliphatic rings. The van der Waals surface area contributed by atoms with Crippen molar-refractivity contribution in [2.75, 3.05) is 0 Å². The first-order valence-electron chi connectivity index (χ1n) is 17.5. The summed E-state index contributed by atoms with van der Waals surface area (Å²) in [5.41, 5.74) is 9.05. The number of hydrogen-bond acceptors (Lipinski definition) is 4. The molecule has 240 valence electrons. The molecule has 52 heavy (non-hydrogen) atoms. The van der Waals surface area contributed by atoms with Gasteiger partial charge in [-0.25, -0.2) is 15.0 Å². The lowest BCUT2D eigenvalue weighted by atomic mass is 9.98. The van der Waals surface area contributed by atoms with Gasteiger partial charge in [-0.2, -0.15) is 0 Å². The summed E-state index contributed by atoms with van der Waals surface area (Å²) in [4.78, 5) is 15.2. The van der Waals surface area contributed by atoms with E-state index in [9.17, 15) is 0 Å². The molecule has 5 heteroatoms. The summed E-state index contributed by atoms with van der Waals surface area (Å²) in [7, 11) is 0. The average Bonchev–Trinajstić information content (AvgIpc) is 3.73. The van der Waals surface area contributed by atoms with Gasteiger partial charge in [-0.3, -0.25) is 0 Å². The number of hydrogen-bond donors (Lipinski definition) is 0. The molecule has 0 aliphatic heterocycles. The van der Waals surface area contributed by atoms with Crippen molar-refractivity contribution in [1.29, 1.82) is 0 Å². The van der Waals surface area contributed by atoms with Crippen LogP contribution in [0.25, 0.3) is 115 Å². The zero-order valence-electron chi connectivity index (χ0n) is 27.7. The van der Waals surface area contributed by atoms with E-state index >= 15 is 0 Å². The van der Waals surface area contributed by atoms with E-state index in [-0.39, 0.29) is 0 Å². The van der Waals surface area contributed by atoms with Crippen LogP contribution in [0.15, 0.2) is 158 Å². The minimum Gasteiger partial charge on any atom is -0.309 e. The minimum absolute atomic E-state index is 0.654. The monoisotopic (exact) mass is 678 g/mol. The van der Waals surface area contributed by atoms with Crippen LogP contribution in [0.5, 0.6) is 0 Å². The number of rotatable bonds is 4. The van der Waals surface area contributed by atoms with Gasteiger partial charge in [0.2, 0.25) is 0 Å². The number of aromatic nitrogens is 4. The second-order valence-electron chi connectivity index (χ2n) is 13.5. The molecule has 3 heterocycles. The Kier molecular flexibility index (Phi) is 5.62. The first-order chi connectivity index (χ1) is 25.8. The zero-order chi connectivity index (χ0) is 33.9. The number of thiophene rings is 1. The molecule has 12 rings (SSSR count). The topological polar surface area (TPSA) is 43.6 Å². The Labute approximate surface area is 301 Å². The van der Waals surface area contributed by atoms with E-state index < -0.39 is 0 Å². The second kappa shape index (κ2) is 10.4. The summed E-state index contributed by atoms with van der Waals surface area (Å²) in [6, 6.07) is 56.3. The van der Waals surface area contributed by atoms with E-state index in [4.69, 9.17) is 15.0 Å². The summed E-state index contributed by atoms with van der Waals surface area (Å²) < 4.78 is 5.17. The molecule has 1 aliphatic carbocycles. The van der Waals surface area contributed by atoms with Crippen LogP contribution in [0.2, 0.25) is 0 Å². The lowest BCUT2D eigenvalue weighted by molar-refractivity contribution is 1.08. The molecule has 0 bridgehead atoms. The molecular formula is C47H26N4S. The molecule has 4 nitrogen and oxygen atoms in total. The molecule has 11 aromatic rings. The molecular weight excluding hydrogens is 653 g/mol. The van der Waals surface area contributed by atoms with Gasteiger partial charge in [-0.15, -0.1) is 11.3 Å². The van der Waals surface area contributed by atoms with Crippen molar-refractivity contribution < 1.29 is 0 Å². The van der Waals surface area contributed by atoms with Crippen LogP contribution in [-0.4, -0.2) is 19.5 Å². The summed E-state index contributed by atoms with van der Waals surface area (Å²) >= 11 is 1.90.